The van der Waals surface area contributed by atoms with E-state index < -0.39 is 0 Å². The van der Waals surface area contributed by atoms with Gasteiger partial charge in [-0.1, -0.05) is 5.16 Å². The summed E-state index contributed by atoms with van der Waals surface area (Å²) >= 11 is 1.54. The van der Waals surface area contributed by atoms with Crippen LogP contribution in [0.5, 0.6) is 0 Å². The molecule has 1 aliphatic heterocycles. The van der Waals surface area contributed by atoms with Gasteiger partial charge in [-0.05, 0) is 25.7 Å². The molecule has 25 heavy (non-hydrogen) atoms. The maximum Gasteiger partial charge on any atom is 0.274 e. The van der Waals surface area contributed by atoms with E-state index in [1.54, 1.807) is 5.51 Å². The van der Waals surface area contributed by atoms with E-state index in [1.807, 2.05) is 5.38 Å². The van der Waals surface area contributed by atoms with Crippen molar-refractivity contribution in [2.24, 2.45) is 0 Å². The van der Waals surface area contributed by atoms with Gasteiger partial charge < -0.3 is 19.3 Å². The number of carbonyl (C=O) groups is 1. The average Bonchev–Trinajstić information content (AvgIpc) is 3.30. The monoisotopic (exact) mass is 363 g/mol. The van der Waals surface area contributed by atoms with Crippen molar-refractivity contribution in [1.29, 1.82) is 0 Å². The van der Waals surface area contributed by atoms with E-state index in [1.165, 1.54) is 11.3 Å². The van der Waals surface area contributed by atoms with Crippen LogP contribution in [0.4, 0.5) is 0 Å². The fraction of sp³-hybridized carbons (Fsp3) is 0.588. The first kappa shape index (κ1) is 16.7. The van der Waals surface area contributed by atoms with Gasteiger partial charge in [0.25, 0.3) is 5.91 Å². The van der Waals surface area contributed by atoms with E-state index in [0.717, 1.165) is 42.7 Å². The van der Waals surface area contributed by atoms with E-state index in [9.17, 15) is 4.79 Å². The number of thiazole rings is 1. The fourth-order valence-corrected chi connectivity index (χ4v) is 3.89. The Hall–Kier alpha value is -1.77. The third kappa shape index (κ3) is 3.75. The lowest BCUT2D eigenvalue weighted by Gasteiger charge is -2.31. The molecule has 2 atom stereocenters. The van der Waals surface area contributed by atoms with Crippen molar-refractivity contribution in [3.05, 3.63) is 33.6 Å². The van der Waals surface area contributed by atoms with Crippen LogP contribution in [0.1, 0.15) is 46.8 Å². The number of nitrogens with zero attached hydrogens (tertiary/aromatic N) is 2. The van der Waals surface area contributed by atoms with Gasteiger partial charge >= 0.3 is 0 Å². The highest BCUT2D eigenvalue weighted by Gasteiger charge is 2.31. The molecule has 134 valence electrons. The zero-order valence-electron chi connectivity index (χ0n) is 13.9. The predicted octanol–water partition coefficient (Wildman–Crippen LogP) is 2.11. The highest BCUT2D eigenvalue weighted by Crippen LogP contribution is 2.24. The Labute approximate surface area is 149 Å². The first-order chi connectivity index (χ1) is 12.3. The van der Waals surface area contributed by atoms with Crippen molar-refractivity contribution < 1.29 is 18.8 Å². The molecular formula is C17H21N3O4S. The number of carbonyl (C=O) groups excluding carboxylic acids is 1. The number of fused-ring (bicyclic) bond motifs is 1. The maximum atomic E-state index is 12.7. The molecule has 0 aromatic carbocycles. The molecule has 1 N–H and O–H groups in total. The molecule has 1 amide bonds. The summed E-state index contributed by atoms with van der Waals surface area (Å²) in [7, 11) is 0. The highest BCUT2D eigenvalue weighted by molar-refractivity contribution is 7.07. The second-order valence-corrected chi connectivity index (χ2v) is 7.13. The molecule has 1 saturated heterocycles. The van der Waals surface area contributed by atoms with Crippen molar-refractivity contribution in [1.82, 2.24) is 15.5 Å². The van der Waals surface area contributed by atoms with Crippen LogP contribution in [0.15, 0.2) is 15.4 Å². The summed E-state index contributed by atoms with van der Waals surface area (Å²) in [5, 5.41) is 9.03. The molecule has 7 nitrogen and oxygen atoms in total. The SMILES string of the molecule is O=C(N[C@@H]1CCOC[C@H]1OCc1cscn1)c1noc2c1CCCC2. The Kier molecular flexibility index (Phi) is 5.09. The van der Waals surface area contributed by atoms with Crippen LogP contribution < -0.4 is 5.32 Å². The van der Waals surface area contributed by atoms with Crippen molar-refractivity contribution in [2.45, 2.75) is 50.9 Å². The molecule has 2 aliphatic rings. The number of hydrogen-bond donors (Lipinski definition) is 1. The van der Waals surface area contributed by atoms with Gasteiger partial charge in [-0.2, -0.15) is 0 Å². The van der Waals surface area contributed by atoms with Crippen molar-refractivity contribution in [3.63, 3.8) is 0 Å². The predicted molar refractivity (Wildman–Crippen MR) is 90.5 cm³/mol. The minimum Gasteiger partial charge on any atom is -0.379 e. The topological polar surface area (TPSA) is 86.5 Å². The molecule has 0 saturated carbocycles. The number of aromatic nitrogens is 2. The number of aryl methyl sites for hydroxylation is 1. The Morgan fingerprint density at radius 2 is 2.32 bits per heavy atom. The van der Waals surface area contributed by atoms with Gasteiger partial charge in [0.2, 0.25) is 0 Å². The standard InChI is InChI=1S/C17H21N3O4S/c21-17(16-12-3-1-2-4-14(12)24-20-16)19-13-5-6-22-8-15(13)23-7-11-9-25-10-18-11/h9-10,13,15H,1-8H2,(H,19,21)/t13-,15-/m1/s1. The molecule has 0 bridgehead atoms. The first-order valence-corrected chi connectivity index (χ1v) is 9.60. The summed E-state index contributed by atoms with van der Waals surface area (Å²) in [6, 6.07) is -0.101. The number of hydrogen-bond acceptors (Lipinski definition) is 7. The minimum absolute atomic E-state index is 0.101. The average molecular weight is 363 g/mol. The zero-order valence-corrected chi connectivity index (χ0v) is 14.7. The van der Waals surface area contributed by atoms with Crippen molar-refractivity contribution in [2.75, 3.05) is 13.2 Å². The van der Waals surface area contributed by atoms with Gasteiger partial charge in [0.05, 0.1) is 30.5 Å². The molecule has 0 spiro atoms. The van der Waals surface area contributed by atoms with Gasteiger partial charge in [0.15, 0.2) is 5.69 Å². The summed E-state index contributed by atoms with van der Waals surface area (Å²) in [4.78, 5) is 16.9. The van der Waals surface area contributed by atoms with Gasteiger partial charge in [0, 0.05) is 24.0 Å². The van der Waals surface area contributed by atoms with Crippen LogP contribution in [0, 0.1) is 0 Å². The smallest absolute Gasteiger partial charge is 0.274 e. The molecular weight excluding hydrogens is 342 g/mol. The largest absolute Gasteiger partial charge is 0.379 e. The molecule has 3 heterocycles. The van der Waals surface area contributed by atoms with Gasteiger partial charge in [-0.15, -0.1) is 11.3 Å². The normalized spacial score (nSPS) is 23.2. The second-order valence-electron chi connectivity index (χ2n) is 6.41. The molecule has 1 fully saturated rings. The van der Waals surface area contributed by atoms with Crippen LogP contribution in [0.25, 0.3) is 0 Å². The van der Waals surface area contributed by atoms with Gasteiger partial charge in [-0.25, -0.2) is 4.98 Å². The molecule has 2 aromatic heterocycles. The quantitative estimate of drug-likeness (QED) is 0.876. The molecule has 2 aromatic rings. The van der Waals surface area contributed by atoms with Crippen molar-refractivity contribution in [3.8, 4) is 0 Å². The summed E-state index contributed by atoms with van der Waals surface area (Å²) in [6.07, 6.45) is 4.42. The zero-order chi connectivity index (χ0) is 17.1. The lowest BCUT2D eigenvalue weighted by atomic mass is 9.96. The first-order valence-electron chi connectivity index (χ1n) is 8.66. The number of nitrogens with one attached hydrogen (secondary N) is 1. The highest BCUT2D eigenvalue weighted by atomic mass is 32.1. The lowest BCUT2D eigenvalue weighted by molar-refractivity contribution is -0.0742. The maximum absolute atomic E-state index is 12.7. The molecule has 1 aliphatic carbocycles. The Morgan fingerprint density at radius 3 is 3.20 bits per heavy atom. The van der Waals surface area contributed by atoms with E-state index in [0.29, 0.717) is 31.9 Å². The summed E-state index contributed by atoms with van der Waals surface area (Å²) in [5.74, 6) is 0.681. The summed E-state index contributed by atoms with van der Waals surface area (Å²) in [6.45, 7) is 1.49. The summed E-state index contributed by atoms with van der Waals surface area (Å²) in [5.41, 5.74) is 4.07. The van der Waals surface area contributed by atoms with E-state index in [-0.39, 0.29) is 18.1 Å². The van der Waals surface area contributed by atoms with Crippen LogP contribution in [0.3, 0.4) is 0 Å². The van der Waals surface area contributed by atoms with Crippen LogP contribution in [0.2, 0.25) is 0 Å². The molecule has 8 heteroatoms. The van der Waals surface area contributed by atoms with Crippen LogP contribution in [-0.2, 0) is 28.9 Å². The summed E-state index contributed by atoms with van der Waals surface area (Å²) < 4.78 is 16.8. The second kappa shape index (κ2) is 7.63. The Balaban J connectivity index is 1.40. The number of amides is 1. The van der Waals surface area contributed by atoms with E-state index >= 15 is 0 Å². The Bertz CT molecular complexity index is 716. The number of rotatable bonds is 5. The molecule has 0 radical (unpaired) electrons. The third-order valence-electron chi connectivity index (χ3n) is 4.71. The number of ether oxygens (including phenoxy) is 2. The van der Waals surface area contributed by atoms with Gasteiger partial charge in [-0.3, -0.25) is 4.79 Å². The van der Waals surface area contributed by atoms with E-state index in [4.69, 9.17) is 14.0 Å². The molecule has 4 rings (SSSR count). The van der Waals surface area contributed by atoms with Crippen LogP contribution in [-0.4, -0.2) is 41.4 Å². The van der Waals surface area contributed by atoms with Crippen molar-refractivity contribution >= 4 is 17.2 Å². The lowest BCUT2D eigenvalue weighted by Crippen LogP contribution is -2.50. The minimum atomic E-state index is -0.192. The third-order valence-corrected chi connectivity index (χ3v) is 5.35. The Morgan fingerprint density at radius 1 is 1.40 bits per heavy atom. The van der Waals surface area contributed by atoms with Gasteiger partial charge in [0.1, 0.15) is 11.9 Å². The van der Waals surface area contributed by atoms with Crippen LogP contribution >= 0.6 is 11.3 Å². The van der Waals surface area contributed by atoms with E-state index in [2.05, 4.69) is 15.5 Å². The fourth-order valence-electron chi connectivity index (χ4n) is 3.34. The molecule has 0 unspecified atom stereocenters.